The van der Waals surface area contributed by atoms with E-state index >= 15 is 0 Å². The summed E-state index contributed by atoms with van der Waals surface area (Å²) in [7, 11) is 0. The molecule has 3 nitrogen and oxygen atoms in total. The summed E-state index contributed by atoms with van der Waals surface area (Å²) in [6.07, 6.45) is 0. The first-order chi connectivity index (χ1) is 9.02. The molecular formula is C15H16ClN3. The number of aryl methyl sites for hydroxylation is 1. The summed E-state index contributed by atoms with van der Waals surface area (Å²) >= 11 is 6.23. The van der Waals surface area contributed by atoms with Gasteiger partial charge in [0.05, 0.1) is 12.2 Å². The highest BCUT2D eigenvalue weighted by Gasteiger charge is 2.18. The first-order valence-corrected chi connectivity index (χ1v) is 6.62. The molecule has 19 heavy (non-hydrogen) atoms. The van der Waals surface area contributed by atoms with Crippen LogP contribution in [0.5, 0.6) is 0 Å². The third-order valence-electron chi connectivity index (χ3n) is 3.03. The molecule has 0 bridgehead atoms. The Bertz CT molecular complexity index is 618. The quantitative estimate of drug-likeness (QED) is 0.851. The lowest BCUT2D eigenvalue weighted by atomic mass is 10.1. The zero-order valence-corrected chi connectivity index (χ0v) is 12.1. The van der Waals surface area contributed by atoms with Crippen LogP contribution in [-0.4, -0.2) is 9.78 Å². The molecule has 0 saturated heterocycles. The summed E-state index contributed by atoms with van der Waals surface area (Å²) in [5.41, 5.74) is 3.59. The van der Waals surface area contributed by atoms with Gasteiger partial charge in [0, 0.05) is 0 Å². The van der Waals surface area contributed by atoms with Gasteiger partial charge >= 0.3 is 0 Å². The summed E-state index contributed by atoms with van der Waals surface area (Å²) in [6.45, 7) is 6.65. The van der Waals surface area contributed by atoms with E-state index in [4.69, 9.17) is 11.6 Å². The average Bonchev–Trinajstić information content (AvgIpc) is 2.69. The predicted molar refractivity (Wildman–Crippen MR) is 76.3 cm³/mol. The highest BCUT2D eigenvalue weighted by atomic mass is 35.5. The molecule has 0 atom stereocenters. The SMILES string of the molecule is Cc1ccc(Cn2nc(C(C)C)c(C#N)c2Cl)cc1. The van der Waals surface area contributed by atoms with E-state index in [9.17, 15) is 5.26 Å². The Balaban J connectivity index is 2.36. The maximum atomic E-state index is 9.18. The van der Waals surface area contributed by atoms with Gasteiger partial charge in [-0.25, -0.2) is 4.68 Å². The van der Waals surface area contributed by atoms with E-state index in [0.717, 1.165) is 11.3 Å². The normalized spacial score (nSPS) is 10.7. The molecule has 2 aromatic rings. The van der Waals surface area contributed by atoms with Gasteiger partial charge in [-0.2, -0.15) is 10.4 Å². The first kappa shape index (κ1) is 13.6. The van der Waals surface area contributed by atoms with Crippen LogP contribution in [0.1, 0.15) is 42.1 Å². The van der Waals surface area contributed by atoms with E-state index in [1.165, 1.54) is 5.56 Å². The van der Waals surface area contributed by atoms with Crippen molar-refractivity contribution in [2.75, 3.05) is 0 Å². The van der Waals surface area contributed by atoms with Crippen LogP contribution in [0.25, 0.3) is 0 Å². The largest absolute Gasteiger partial charge is 0.248 e. The van der Waals surface area contributed by atoms with Gasteiger partial charge in [-0.3, -0.25) is 0 Å². The van der Waals surface area contributed by atoms with Gasteiger partial charge in [-0.1, -0.05) is 55.3 Å². The number of rotatable bonds is 3. The van der Waals surface area contributed by atoms with Crippen LogP contribution < -0.4 is 0 Å². The van der Waals surface area contributed by atoms with Crippen molar-refractivity contribution in [3.63, 3.8) is 0 Å². The maximum absolute atomic E-state index is 9.18. The Labute approximate surface area is 118 Å². The monoisotopic (exact) mass is 273 g/mol. The van der Waals surface area contributed by atoms with Crippen LogP contribution >= 0.6 is 11.6 Å². The third kappa shape index (κ3) is 2.80. The maximum Gasteiger partial charge on any atom is 0.145 e. The predicted octanol–water partition coefficient (Wildman–Crippen LogP) is 3.89. The standard InChI is InChI=1S/C15H16ClN3/c1-10(2)14-13(8-17)15(16)19(18-14)9-12-6-4-11(3)5-7-12/h4-7,10H,9H2,1-3H3. The van der Waals surface area contributed by atoms with Crippen LogP contribution in [0.2, 0.25) is 5.15 Å². The van der Waals surface area contributed by atoms with Gasteiger partial charge in [0.15, 0.2) is 0 Å². The van der Waals surface area contributed by atoms with Crippen molar-refractivity contribution in [2.45, 2.75) is 33.2 Å². The molecule has 0 amide bonds. The second kappa shape index (κ2) is 5.46. The molecule has 1 aromatic heterocycles. The molecule has 0 radical (unpaired) electrons. The minimum atomic E-state index is 0.186. The molecule has 0 aliphatic rings. The number of aromatic nitrogens is 2. The lowest BCUT2D eigenvalue weighted by molar-refractivity contribution is 0.658. The van der Waals surface area contributed by atoms with Crippen LogP contribution in [0.3, 0.4) is 0 Å². The molecular weight excluding hydrogens is 258 g/mol. The van der Waals surface area contributed by atoms with E-state index < -0.39 is 0 Å². The molecule has 0 N–H and O–H groups in total. The number of nitrogens with zero attached hydrogens (tertiary/aromatic N) is 3. The Morgan fingerprint density at radius 3 is 2.42 bits per heavy atom. The Hall–Kier alpha value is -1.79. The Morgan fingerprint density at radius 2 is 1.95 bits per heavy atom. The van der Waals surface area contributed by atoms with Gasteiger partial charge in [-0.05, 0) is 18.4 Å². The number of nitriles is 1. The van der Waals surface area contributed by atoms with Gasteiger partial charge in [0.1, 0.15) is 16.8 Å². The highest BCUT2D eigenvalue weighted by molar-refractivity contribution is 6.30. The second-order valence-electron chi connectivity index (χ2n) is 4.96. The third-order valence-corrected chi connectivity index (χ3v) is 3.41. The molecule has 0 spiro atoms. The summed E-state index contributed by atoms with van der Waals surface area (Å²) in [4.78, 5) is 0. The number of hydrogen-bond donors (Lipinski definition) is 0. The smallest absolute Gasteiger partial charge is 0.145 e. The average molecular weight is 274 g/mol. The number of benzene rings is 1. The van der Waals surface area contributed by atoms with Crippen LogP contribution in [-0.2, 0) is 6.54 Å². The summed E-state index contributed by atoms with van der Waals surface area (Å²) in [5.74, 6) is 0.186. The minimum Gasteiger partial charge on any atom is -0.248 e. The van der Waals surface area contributed by atoms with Crippen molar-refractivity contribution in [1.82, 2.24) is 9.78 Å². The lowest BCUT2D eigenvalue weighted by Gasteiger charge is -2.04. The topological polar surface area (TPSA) is 41.6 Å². The van der Waals surface area contributed by atoms with E-state index in [0.29, 0.717) is 17.3 Å². The second-order valence-corrected chi connectivity index (χ2v) is 5.32. The van der Waals surface area contributed by atoms with E-state index in [1.54, 1.807) is 4.68 Å². The lowest BCUT2D eigenvalue weighted by Crippen LogP contribution is -2.03. The van der Waals surface area contributed by atoms with E-state index in [2.05, 4.69) is 42.4 Å². The van der Waals surface area contributed by atoms with E-state index in [1.807, 2.05) is 13.8 Å². The highest BCUT2D eigenvalue weighted by Crippen LogP contribution is 2.25. The fraction of sp³-hybridized carbons (Fsp3) is 0.333. The Kier molecular flexibility index (Phi) is 3.92. The number of hydrogen-bond acceptors (Lipinski definition) is 2. The summed E-state index contributed by atoms with van der Waals surface area (Å²) < 4.78 is 1.69. The molecule has 98 valence electrons. The van der Waals surface area contributed by atoms with Crippen molar-refractivity contribution in [3.05, 3.63) is 51.8 Å². The molecule has 1 aromatic carbocycles. The van der Waals surface area contributed by atoms with Gasteiger partial charge in [0.2, 0.25) is 0 Å². The zero-order valence-electron chi connectivity index (χ0n) is 11.3. The van der Waals surface area contributed by atoms with Crippen molar-refractivity contribution in [1.29, 1.82) is 5.26 Å². The number of halogens is 1. The molecule has 0 fully saturated rings. The molecule has 0 aliphatic heterocycles. The summed E-state index contributed by atoms with van der Waals surface area (Å²) in [5, 5.41) is 14.1. The van der Waals surface area contributed by atoms with Crippen LogP contribution in [0.4, 0.5) is 0 Å². The fourth-order valence-electron chi connectivity index (χ4n) is 1.94. The van der Waals surface area contributed by atoms with Crippen molar-refractivity contribution >= 4 is 11.6 Å². The first-order valence-electron chi connectivity index (χ1n) is 6.24. The van der Waals surface area contributed by atoms with Crippen molar-refractivity contribution in [3.8, 4) is 6.07 Å². The van der Waals surface area contributed by atoms with Crippen molar-refractivity contribution in [2.24, 2.45) is 0 Å². The van der Waals surface area contributed by atoms with Gasteiger partial charge in [0.25, 0.3) is 0 Å². The van der Waals surface area contributed by atoms with Crippen LogP contribution in [0.15, 0.2) is 24.3 Å². The zero-order chi connectivity index (χ0) is 14.0. The molecule has 0 aliphatic carbocycles. The molecule has 4 heteroatoms. The van der Waals surface area contributed by atoms with Crippen molar-refractivity contribution < 1.29 is 0 Å². The summed E-state index contributed by atoms with van der Waals surface area (Å²) in [6, 6.07) is 10.4. The molecule has 0 unspecified atom stereocenters. The fourth-order valence-corrected chi connectivity index (χ4v) is 2.17. The van der Waals surface area contributed by atoms with Crippen LogP contribution in [0, 0.1) is 18.3 Å². The molecule has 2 rings (SSSR count). The molecule has 1 heterocycles. The van der Waals surface area contributed by atoms with Gasteiger partial charge < -0.3 is 0 Å². The minimum absolute atomic E-state index is 0.186. The van der Waals surface area contributed by atoms with Gasteiger partial charge in [-0.15, -0.1) is 0 Å². The Morgan fingerprint density at radius 1 is 1.32 bits per heavy atom. The van der Waals surface area contributed by atoms with E-state index in [-0.39, 0.29) is 5.92 Å². The molecule has 0 saturated carbocycles.